The Hall–Kier alpha value is -0.690. The monoisotopic (exact) mass is 218 g/mol. The lowest BCUT2D eigenvalue weighted by atomic mass is 10.0. The molecule has 0 bridgehead atoms. The summed E-state index contributed by atoms with van der Waals surface area (Å²) in [6.07, 6.45) is 0.553. The van der Waals surface area contributed by atoms with Gasteiger partial charge < -0.3 is 25.6 Å². The van der Waals surface area contributed by atoms with Gasteiger partial charge in [0.15, 0.2) is 0 Å². The number of hydrogen-bond donors (Lipinski definition) is 3. The standard InChI is InChI=1S/C9H18N2O4/c10-2-4-14-5-8(12)11-6-9(13)1-3-15-7-9/h13H,1-7,10H2,(H,11,12). The lowest BCUT2D eigenvalue weighted by Gasteiger charge is -2.20. The van der Waals surface area contributed by atoms with Gasteiger partial charge in [-0.3, -0.25) is 4.79 Å². The van der Waals surface area contributed by atoms with E-state index in [0.717, 1.165) is 0 Å². The fourth-order valence-corrected chi connectivity index (χ4v) is 1.30. The fourth-order valence-electron chi connectivity index (χ4n) is 1.30. The number of hydrogen-bond acceptors (Lipinski definition) is 5. The van der Waals surface area contributed by atoms with Crippen LogP contribution in [0.3, 0.4) is 0 Å². The number of carbonyl (C=O) groups is 1. The highest BCUT2D eigenvalue weighted by molar-refractivity contribution is 5.77. The van der Waals surface area contributed by atoms with Crippen LogP contribution in [0.1, 0.15) is 6.42 Å². The molecule has 1 unspecified atom stereocenters. The quantitative estimate of drug-likeness (QED) is 0.459. The maximum Gasteiger partial charge on any atom is 0.246 e. The molecule has 0 spiro atoms. The van der Waals surface area contributed by atoms with Crippen molar-refractivity contribution in [3.05, 3.63) is 0 Å². The van der Waals surface area contributed by atoms with E-state index in [1.54, 1.807) is 0 Å². The summed E-state index contributed by atoms with van der Waals surface area (Å²) in [6, 6.07) is 0. The Labute approximate surface area is 88.7 Å². The summed E-state index contributed by atoms with van der Waals surface area (Å²) >= 11 is 0. The first-order valence-corrected chi connectivity index (χ1v) is 5.01. The summed E-state index contributed by atoms with van der Waals surface area (Å²) in [5.41, 5.74) is 4.28. The van der Waals surface area contributed by atoms with Gasteiger partial charge in [-0.1, -0.05) is 0 Å². The zero-order chi connectivity index (χ0) is 11.1. The second kappa shape index (κ2) is 6.02. The van der Waals surface area contributed by atoms with Crippen LogP contribution in [0.25, 0.3) is 0 Å². The molecule has 1 rings (SSSR count). The Morgan fingerprint density at radius 1 is 1.67 bits per heavy atom. The van der Waals surface area contributed by atoms with E-state index in [9.17, 15) is 9.90 Å². The van der Waals surface area contributed by atoms with Crippen LogP contribution in [0.4, 0.5) is 0 Å². The highest BCUT2D eigenvalue weighted by atomic mass is 16.5. The third-order valence-corrected chi connectivity index (χ3v) is 2.19. The molecule has 0 aromatic carbocycles. The average Bonchev–Trinajstić information content (AvgIpc) is 2.64. The molecule has 0 aromatic rings. The van der Waals surface area contributed by atoms with Gasteiger partial charge in [-0.15, -0.1) is 0 Å². The average molecular weight is 218 g/mol. The summed E-state index contributed by atoms with van der Waals surface area (Å²) in [7, 11) is 0. The minimum Gasteiger partial charge on any atom is -0.386 e. The number of ether oxygens (including phenoxy) is 2. The number of rotatable bonds is 6. The molecular formula is C9H18N2O4. The van der Waals surface area contributed by atoms with Crippen LogP contribution in [-0.2, 0) is 14.3 Å². The second-order valence-electron chi connectivity index (χ2n) is 3.64. The molecule has 1 fully saturated rings. The van der Waals surface area contributed by atoms with Gasteiger partial charge in [0.1, 0.15) is 12.2 Å². The maximum absolute atomic E-state index is 11.2. The van der Waals surface area contributed by atoms with E-state index in [1.165, 1.54) is 0 Å². The first-order chi connectivity index (χ1) is 7.16. The zero-order valence-electron chi connectivity index (χ0n) is 8.70. The van der Waals surface area contributed by atoms with Crippen molar-refractivity contribution in [3.8, 4) is 0 Å². The van der Waals surface area contributed by atoms with Crippen LogP contribution in [0.5, 0.6) is 0 Å². The zero-order valence-corrected chi connectivity index (χ0v) is 8.70. The van der Waals surface area contributed by atoms with Crippen LogP contribution in [0, 0.1) is 0 Å². The van der Waals surface area contributed by atoms with E-state index in [4.69, 9.17) is 15.2 Å². The van der Waals surface area contributed by atoms with Gasteiger partial charge in [0.2, 0.25) is 5.91 Å². The van der Waals surface area contributed by atoms with Crippen LogP contribution < -0.4 is 11.1 Å². The van der Waals surface area contributed by atoms with Crippen molar-refractivity contribution in [2.75, 3.05) is 39.5 Å². The van der Waals surface area contributed by atoms with Crippen molar-refractivity contribution < 1.29 is 19.4 Å². The van der Waals surface area contributed by atoms with Crippen molar-refractivity contribution >= 4 is 5.91 Å². The van der Waals surface area contributed by atoms with E-state index in [-0.39, 0.29) is 25.7 Å². The topological polar surface area (TPSA) is 93.8 Å². The van der Waals surface area contributed by atoms with Crippen molar-refractivity contribution in [1.29, 1.82) is 0 Å². The van der Waals surface area contributed by atoms with E-state index in [0.29, 0.717) is 26.2 Å². The van der Waals surface area contributed by atoms with E-state index < -0.39 is 5.60 Å². The van der Waals surface area contributed by atoms with E-state index in [1.807, 2.05) is 0 Å². The Morgan fingerprint density at radius 3 is 3.07 bits per heavy atom. The van der Waals surface area contributed by atoms with Gasteiger partial charge in [-0.05, 0) is 0 Å². The summed E-state index contributed by atoms with van der Waals surface area (Å²) in [5.74, 6) is -0.247. The molecule has 15 heavy (non-hydrogen) atoms. The molecule has 0 aromatic heterocycles. The van der Waals surface area contributed by atoms with Gasteiger partial charge in [0.25, 0.3) is 0 Å². The van der Waals surface area contributed by atoms with Gasteiger partial charge >= 0.3 is 0 Å². The van der Waals surface area contributed by atoms with Gasteiger partial charge in [0.05, 0.1) is 13.2 Å². The number of nitrogens with one attached hydrogen (secondary N) is 1. The summed E-state index contributed by atoms with van der Waals surface area (Å²) in [6.45, 7) is 1.75. The van der Waals surface area contributed by atoms with Crippen molar-refractivity contribution in [1.82, 2.24) is 5.32 Å². The van der Waals surface area contributed by atoms with Crippen LogP contribution in [0.2, 0.25) is 0 Å². The Balaban J connectivity index is 2.10. The number of amides is 1. The SMILES string of the molecule is NCCOCC(=O)NCC1(O)CCOC1. The van der Waals surface area contributed by atoms with Crippen LogP contribution >= 0.6 is 0 Å². The first kappa shape index (κ1) is 12.4. The smallest absolute Gasteiger partial charge is 0.246 e. The lowest BCUT2D eigenvalue weighted by molar-refractivity contribution is -0.126. The number of carbonyl (C=O) groups excluding carboxylic acids is 1. The minimum atomic E-state index is -0.913. The van der Waals surface area contributed by atoms with Crippen molar-refractivity contribution in [2.45, 2.75) is 12.0 Å². The molecule has 1 aliphatic heterocycles. The molecule has 0 saturated carbocycles. The summed E-state index contributed by atoms with van der Waals surface area (Å²) in [5, 5.41) is 12.4. The second-order valence-corrected chi connectivity index (χ2v) is 3.64. The predicted octanol–water partition coefficient (Wildman–Crippen LogP) is -1.77. The van der Waals surface area contributed by atoms with E-state index in [2.05, 4.69) is 5.32 Å². The Kier molecular flexibility index (Phi) is 4.97. The molecule has 0 aliphatic carbocycles. The summed E-state index contributed by atoms with van der Waals surface area (Å²) in [4.78, 5) is 11.2. The van der Waals surface area contributed by atoms with Crippen LogP contribution in [0.15, 0.2) is 0 Å². The van der Waals surface area contributed by atoms with Gasteiger partial charge in [-0.2, -0.15) is 0 Å². The van der Waals surface area contributed by atoms with Gasteiger partial charge in [-0.25, -0.2) is 0 Å². The number of nitrogens with two attached hydrogens (primary N) is 1. The molecule has 1 aliphatic rings. The third-order valence-electron chi connectivity index (χ3n) is 2.19. The molecule has 1 atom stereocenters. The highest BCUT2D eigenvalue weighted by Crippen LogP contribution is 2.16. The molecule has 6 heteroatoms. The van der Waals surface area contributed by atoms with Crippen molar-refractivity contribution in [2.24, 2.45) is 5.73 Å². The molecular weight excluding hydrogens is 200 g/mol. The minimum absolute atomic E-state index is 0.0197. The molecule has 1 amide bonds. The van der Waals surface area contributed by atoms with Gasteiger partial charge in [0, 0.05) is 26.1 Å². The largest absolute Gasteiger partial charge is 0.386 e. The normalized spacial score (nSPS) is 25.5. The first-order valence-electron chi connectivity index (χ1n) is 5.01. The van der Waals surface area contributed by atoms with E-state index >= 15 is 0 Å². The molecule has 1 heterocycles. The Morgan fingerprint density at radius 2 is 2.47 bits per heavy atom. The molecule has 0 radical (unpaired) electrons. The molecule has 4 N–H and O–H groups in total. The number of aliphatic hydroxyl groups is 1. The fraction of sp³-hybridized carbons (Fsp3) is 0.889. The Bertz CT molecular complexity index is 204. The molecule has 1 saturated heterocycles. The van der Waals surface area contributed by atoms with Crippen LogP contribution in [-0.4, -0.2) is 56.1 Å². The highest BCUT2D eigenvalue weighted by Gasteiger charge is 2.32. The third kappa shape index (κ3) is 4.57. The maximum atomic E-state index is 11.2. The molecule has 6 nitrogen and oxygen atoms in total. The van der Waals surface area contributed by atoms with Crippen molar-refractivity contribution in [3.63, 3.8) is 0 Å². The lowest BCUT2D eigenvalue weighted by Crippen LogP contribution is -2.44. The summed E-state index contributed by atoms with van der Waals surface area (Å²) < 4.78 is 9.98. The molecule has 88 valence electrons. The predicted molar refractivity (Wildman–Crippen MR) is 53.3 cm³/mol.